The molecule has 1 aromatic carbocycles. The van der Waals surface area contributed by atoms with Gasteiger partial charge in [0.1, 0.15) is 5.75 Å². The summed E-state index contributed by atoms with van der Waals surface area (Å²) >= 11 is 0. The number of nitrogens with two attached hydrogens (primary N) is 1. The van der Waals surface area contributed by atoms with Gasteiger partial charge in [-0.2, -0.15) is 0 Å². The maximum absolute atomic E-state index is 12.3. The van der Waals surface area contributed by atoms with Crippen molar-refractivity contribution in [3.05, 3.63) is 29.3 Å². The molecule has 1 saturated carbocycles. The molecule has 1 aliphatic carbocycles. The van der Waals surface area contributed by atoms with E-state index in [1.807, 2.05) is 13.0 Å². The van der Waals surface area contributed by atoms with Crippen LogP contribution in [-0.2, 0) is 12.8 Å². The maximum Gasteiger partial charge on any atom is 0.573 e. The first kappa shape index (κ1) is 16.1. The third-order valence-electron chi connectivity index (χ3n) is 3.90. The van der Waals surface area contributed by atoms with Gasteiger partial charge in [0, 0.05) is 6.04 Å². The molecule has 118 valence electrons. The topological polar surface area (TPSA) is 35.2 Å². The zero-order valence-corrected chi connectivity index (χ0v) is 12.2. The van der Waals surface area contributed by atoms with Gasteiger partial charge in [0.25, 0.3) is 0 Å². The molecule has 1 aromatic rings. The van der Waals surface area contributed by atoms with Crippen LogP contribution < -0.4 is 10.5 Å². The summed E-state index contributed by atoms with van der Waals surface area (Å²) in [5.41, 5.74) is 7.78. The second-order valence-electron chi connectivity index (χ2n) is 5.78. The van der Waals surface area contributed by atoms with Crippen molar-refractivity contribution in [3.8, 4) is 5.75 Å². The molecule has 0 bridgehead atoms. The number of rotatable bonds is 7. The van der Waals surface area contributed by atoms with E-state index in [0.29, 0.717) is 12.3 Å². The van der Waals surface area contributed by atoms with Gasteiger partial charge in [-0.3, -0.25) is 0 Å². The molecule has 0 spiro atoms. The summed E-state index contributed by atoms with van der Waals surface area (Å²) in [5.74, 6) is 0.541. The van der Waals surface area contributed by atoms with Crippen molar-refractivity contribution in [2.24, 2.45) is 11.7 Å². The quantitative estimate of drug-likeness (QED) is 0.819. The molecule has 0 unspecified atom stereocenters. The highest BCUT2D eigenvalue weighted by Crippen LogP contribution is 2.33. The van der Waals surface area contributed by atoms with Gasteiger partial charge in [0.05, 0.1) is 0 Å². The summed E-state index contributed by atoms with van der Waals surface area (Å²) in [6.07, 6.45) is 1.04. The molecular weight excluding hydrogens is 279 g/mol. The molecule has 21 heavy (non-hydrogen) atoms. The highest BCUT2D eigenvalue weighted by molar-refractivity contribution is 5.34. The van der Waals surface area contributed by atoms with Crippen molar-refractivity contribution in [2.75, 3.05) is 0 Å². The standard InChI is InChI=1S/C16H22F3NO/c1-2-11-8-12(4-3-5-15(20)13-6-7-13)10-14(9-11)21-16(17,18)19/h8-10,13,15H,2-7,20H2,1H3/t15-/m0/s1. The second-order valence-corrected chi connectivity index (χ2v) is 5.78. The van der Waals surface area contributed by atoms with Gasteiger partial charge in [0.2, 0.25) is 0 Å². The Labute approximate surface area is 123 Å². The van der Waals surface area contributed by atoms with Crippen molar-refractivity contribution in [3.63, 3.8) is 0 Å². The number of halogens is 3. The summed E-state index contributed by atoms with van der Waals surface area (Å²) in [4.78, 5) is 0. The van der Waals surface area contributed by atoms with Gasteiger partial charge < -0.3 is 10.5 Å². The molecule has 0 heterocycles. The van der Waals surface area contributed by atoms with E-state index in [1.165, 1.54) is 25.0 Å². The monoisotopic (exact) mass is 301 g/mol. The Morgan fingerprint density at radius 2 is 1.90 bits per heavy atom. The van der Waals surface area contributed by atoms with Crippen LogP contribution in [0, 0.1) is 5.92 Å². The predicted molar refractivity (Wildman–Crippen MR) is 76.1 cm³/mol. The van der Waals surface area contributed by atoms with Crippen LogP contribution in [0.1, 0.15) is 43.7 Å². The molecule has 5 heteroatoms. The Morgan fingerprint density at radius 3 is 2.48 bits per heavy atom. The van der Waals surface area contributed by atoms with Crippen LogP contribution in [0.3, 0.4) is 0 Å². The van der Waals surface area contributed by atoms with Crippen molar-refractivity contribution in [1.29, 1.82) is 0 Å². The molecule has 0 radical (unpaired) electrons. The van der Waals surface area contributed by atoms with E-state index in [9.17, 15) is 13.2 Å². The Morgan fingerprint density at radius 1 is 1.24 bits per heavy atom. The smallest absolute Gasteiger partial charge is 0.406 e. The van der Waals surface area contributed by atoms with Crippen LogP contribution >= 0.6 is 0 Å². The fourth-order valence-electron chi connectivity index (χ4n) is 2.57. The van der Waals surface area contributed by atoms with E-state index in [2.05, 4.69) is 4.74 Å². The van der Waals surface area contributed by atoms with Crippen molar-refractivity contribution in [1.82, 2.24) is 0 Å². The highest BCUT2D eigenvalue weighted by Gasteiger charge is 2.31. The maximum atomic E-state index is 12.3. The summed E-state index contributed by atoms with van der Waals surface area (Å²) in [5, 5.41) is 0. The lowest BCUT2D eigenvalue weighted by atomic mass is 10.0. The summed E-state index contributed by atoms with van der Waals surface area (Å²) < 4.78 is 41.0. The lowest BCUT2D eigenvalue weighted by Crippen LogP contribution is -2.22. The van der Waals surface area contributed by atoms with E-state index in [-0.39, 0.29) is 11.8 Å². The van der Waals surface area contributed by atoms with E-state index >= 15 is 0 Å². The zero-order chi connectivity index (χ0) is 15.5. The summed E-state index contributed by atoms with van der Waals surface area (Å²) in [6, 6.07) is 5.12. The number of benzene rings is 1. The Balaban J connectivity index is 1.95. The molecule has 0 saturated heterocycles. The normalized spacial score (nSPS) is 16.8. The Kier molecular flexibility index (Phi) is 5.14. The lowest BCUT2D eigenvalue weighted by molar-refractivity contribution is -0.274. The average Bonchev–Trinajstić information content (AvgIpc) is 3.20. The minimum absolute atomic E-state index is 0.122. The van der Waals surface area contributed by atoms with Gasteiger partial charge in [-0.25, -0.2) is 0 Å². The fraction of sp³-hybridized carbons (Fsp3) is 0.625. The van der Waals surface area contributed by atoms with Crippen molar-refractivity contribution in [2.45, 2.75) is 57.9 Å². The average molecular weight is 301 g/mol. The predicted octanol–water partition coefficient (Wildman–Crippen LogP) is 4.21. The first-order chi connectivity index (χ1) is 9.87. The highest BCUT2D eigenvalue weighted by atomic mass is 19.4. The number of aryl methyl sites for hydroxylation is 2. The molecule has 2 nitrogen and oxygen atoms in total. The van der Waals surface area contributed by atoms with Gasteiger partial charge in [-0.05, 0) is 67.7 Å². The molecular formula is C16H22F3NO. The molecule has 0 aromatic heterocycles. The minimum Gasteiger partial charge on any atom is -0.406 e. The van der Waals surface area contributed by atoms with Gasteiger partial charge >= 0.3 is 6.36 Å². The Hall–Kier alpha value is -1.23. The molecule has 1 atom stereocenters. The number of hydrogen-bond acceptors (Lipinski definition) is 2. The van der Waals surface area contributed by atoms with E-state index in [4.69, 9.17) is 5.73 Å². The van der Waals surface area contributed by atoms with Crippen LogP contribution in [0.25, 0.3) is 0 Å². The van der Waals surface area contributed by atoms with Crippen molar-refractivity contribution < 1.29 is 17.9 Å². The van der Waals surface area contributed by atoms with Gasteiger partial charge in [-0.1, -0.05) is 13.0 Å². The minimum atomic E-state index is -4.64. The molecule has 2 rings (SSSR count). The first-order valence-corrected chi connectivity index (χ1v) is 7.51. The van der Waals surface area contributed by atoms with Crippen LogP contribution in [0.5, 0.6) is 5.75 Å². The van der Waals surface area contributed by atoms with Crippen LogP contribution in [0.15, 0.2) is 18.2 Å². The van der Waals surface area contributed by atoms with Gasteiger partial charge in [-0.15, -0.1) is 13.2 Å². The summed E-state index contributed by atoms with van der Waals surface area (Å²) in [6.45, 7) is 1.92. The van der Waals surface area contributed by atoms with Crippen LogP contribution in [-0.4, -0.2) is 12.4 Å². The number of alkyl halides is 3. The molecule has 1 fully saturated rings. The molecule has 2 N–H and O–H groups in total. The molecule has 0 amide bonds. The fourth-order valence-corrected chi connectivity index (χ4v) is 2.57. The molecule has 0 aliphatic heterocycles. The second kappa shape index (κ2) is 6.69. The third kappa shape index (κ3) is 5.58. The first-order valence-electron chi connectivity index (χ1n) is 7.51. The zero-order valence-electron chi connectivity index (χ0n) is 12.2. The Bertz CT molecular complexity index is 469. The van der Waals surface area contributed by atoms with Crippen molar-refractivity contribution >= 4 is 0 Å². The number of hydrogen-bond donors (Lipinski definition) is 1. The third-order valence-corrected chi connectivity index (χ3v) is 3.90. The van der Waals surface area contributed by atoms with E-state index < -0.39 is 6.36 Å². The molecule has 1 aliphatic rings. The van der Waals surface area contributed by atoms with Gasteiger partial charge in [0.15, 0.2) is 0 Å². The van der Waals surface area contributed by atoms with Crippen LogP contribution in [0.2, 0.25) is 0 Å². The SMILES string of the molecule is CCc1cc(CCC[C@H](N)C2CC2)cc(OC(F)(F)F)c1. The van der Waals surface area contributed by atoms with E-state index in [0.717, 1.165) is 30.4 Å². The lowest BCUT2D eigenvalue weighted by Gasteiger charge is -2.13. The largest absolute Gasteiger partial charge is 0.573 e. The van der Waals surface area contributed by atoms with E-state index in [1.54, 1.807) is 0 Å². The summed E-state index contributed by atoms with van der Waals surface area (Å²) in [7, 11) is 0. The van der Waals surface area contributed by atoms with Crippen LogP contribution in [0.4, 0.5) is 13.2 Å². The number of ether oxygens (including phenoxy) is 1.